The lowest BCUT2D eigenvalue weighted by molar-refractivity contribution is -0.892. The quantitative estimate of drug-likeness (QED) is 0.614. The highest BCUT2D eigenvalue weighted by Crippen LogP contribution is 2.33. The topological polar surface area (TPSA) is 36.8 Å². The summed E-state index contributed by atoms with van der Waals surface area (Å²) in [6.07, 6.45) is 0. The summed E-state index contributed by atoms with van der Waals surface area (Å²) in [5, 5.41) is 3.87. The Morgan fingerprint density at radius 3 is 2.47 bits per heavy atom. The van der Waals surface area contributed by atoms with Crippen LogP contribution in [0.5, 0.6) is 0 Å². The molecule has 0 saturated carbocycles. The third kappa shape index (κ3) is 5.57. The molecule has 1 amide bonds. The first kappa shape index (κ1) is 20.8. The number of quaternary nitrogens is 1. The normalized spacial score (nSPS) is 14.5. The number of carbonyl (C=O) groups excluding carboxylic acids is 1. The van der Waals surface area contributed by atoms with Crippen molar-refractivity contribution >= 4 is 40.6 Å². The Balaban J connectivity index is 1.31. The minimum atomic E-state index is 0.0577. The van der Waals surface area contributed by atoms with Crippen molar-refractivity contribution in [2.45, 2.75) is 9.79 Å². The predicted octanol–water partition coefficient (Wildman–Crippen LogP) is 3.83. The third-order valence-electron chi connectivity index (χ3n) is 5.19. The molecule has 4 rings (SSSR count). The first-order chi connectivity index (χ1) is 14.7. The molecule has 1 fully saturated rings. The summed E-state index contributed by atoms with van der Waals surface area (Å²) in [5.41, 5.74) is 2.02. The molecule has 6 heteroatoms. The van der Waals surface area contributed by atoms with Crippen LogP contribution in [0.25, 0.3) is 0 Å². The predicted molar refractivity (Wildman–Crippen MR) is 125 cm³/mol. The van der Waals surface area contributed by atoms with Crippen LogP contribution in [-0.2, 0) is 4.79 Å². The Kier molecular flexibility index (Phi) is 6.95. The molecule has 0 bridgehead atoms. The zero-order valence-electron chi connectivity index (χ0n) is 16.7. The first-order valence-corrected chi connectivity index (χ1v) is 11.3. The molecule has 1 aliphatic heterocycles. The summed E-state index contributed by atoms with van der Waals surface area (Å²) in [6.45, 7) is 4.18. The number of carbonyl (C=O) groups is 1. The van der Waals surface area contributed by atoms with Crippen LogP contribution in [0.3, 0.4) is 0 Å². The molecule has 154 valence electrons. The average Bonchev–Trinajstić information content (AvgIpc) is 2.76. The van der Waals surface area contributed by atoms with E-state index in [0.29, 0.717) is 6.54 Å². The van der Waals surface area contributed by atoms with E-state index in [9.17, 15) is 4.79 Å². The van der Waals surface area contributed by atoms with Gasteiger partial charge < -0.3 is 15.1 Å². The lowest BCUT2D eigenvalue weighted by Gasteiger charge is -2.33. The van der Waals surface area contributed by atoms with E-state index >= 15 is 0 Å². The molecule has 0 radical (unpaired) electrons. The largest absolute Gasteiger partial charge is 0.360 e. The van der Waals surface area contributed by atoms with Crippen LogP contribution in [0.15, 0.2) is 88.7 Å². The van der Waals surface area contributed by atoms with Gasteiger partial charge in [0.15, 0.2) is 6.54 Å². The first-order valence-electron chi connectivity index (χ1n) is 10.1. The van der Waals surface area contributed by atoms with Gasteiger partial charge in [-0.15, -0.1) is 0 Å². The van der Waals surface area contributed by atoms with Crippen LogP contribution in [0.2, 0.25) is 5.02 Å². The fourth-order valence-corrected chi connectivity index (χ4v) is 4.73. The second kappa shape index (κ2) is 10.0. The maximum atomic E-state index is 12.7. The SMILES string of the molecule is O=C(C[NH+]1CCN(c2cccc(Cl)c2)CC1)Nc1ccccc1Sc1ccccc1. The Hall–Kier alpha value is -2.47. The van der Waals surface area contributed by atoms with E-state index in [-0.39, 0.29) is 5.91 Å². The molecule has 1 saturated heterocycles. The Bertz CT molecular complexity index is 991. The maximum Gasteiger partial charge on any atom is 0.279 e. The van der Waals surface area contributed by atoms with Gasteiger partial charge in [-0.1, -0.05) is 59.8 Å². The van der Waals surface area contributed by atoms with Gasteiger partial charge in [-0.3, -0.25) is 4.79 Å². The molecule has 0 aromatic heterocycles. The zero-order chi connectivity index (χ0) is 20.8. The van der Waals surface area contributed by atoms with Crippen molar-refractivity contribution in [1.82, 2.24) is 0 Å². The van der Waals surface area contributed by atoms with E-state index in [4.69, 9.17) is 11.6 Å². The molecule has 3 aromatic rings. The third-order valence-corrected chi connectivity index (χ3v) is 6.51. The summed E-state index contributed by atoms with van der Waals surface area (Å²) in [4.78, 5) is 18.6. The number of hydrogen-bond acceptors (Lipinski definition) is 3. The van der Waals surface area contributed by atoms with Gasteiger partial charge in [-0.2, -0.15) is 0 Å². The second-order valence-electron chi connectivity index (χ2n) is 7.35. The summed E-state index contributed by atoms with van der Waals surface area (Å²) < 4.78 is 0. The Morgan fingerprint density at radius 2 is 1.70 bits per heavy atom. The van der Waals surface area contributed by atoms with E-state index < -0.39 is 0 Å². The van der Waals surface area contributed by atoms with Crippen LogP contribution in [0.4, 0.5) is 11.4 Å². The van der Waals surface area contributed by atoms with Gasteiger partial charge in [0.2, 0.25) is 0 Å². The van der Waals surface area contributed by atoms with Crippen molar-refractivity contribution in [2.24, 2.45) is 0 Å². The van der Waals surface area contributed by atoms with Crippen molar-refractivity contribution in [3.05, 3.63) is 83.9 Å². The molecular formula is C24H25ClN3OS+. The van der Waals surface area contributed by atoms with Gasteiger partial charge >= 0.3 is 0 Å². The highest BCUT2D eigenvalue weighted by atomic mass is 35.5. The zero-order valence-corrected chi connectivity index (χ0v) is 18.3. The molecule has 1 heterocycles. The average molecular weight is 439 g/mol. The summed E-state index contributed by atoms with van der Waals surface area (Å²) in [7, 11) is 0. The van der Waals surface area contributed by atoms with Crippen molar-refractivity contribution in [3.8, 4) is 0 Å². The summed E-state index contributed by atoms with van der Waals surface area (Å²) in [6, 6.07) is 26.1. The van der Waals surface area contributed by atoms with E-state index in [0.717, 1.165) is 52.4 Å². The fraction of sp³-hybridized carbons (Fsp3) is 0.208. The van der Waals surface area contributed by atoms with Gasteiger partial charge in [0.1, 0.15) is 0 Å². The number of amides is 1. The minimum absolute atomic E-state index is 0.0577. The standard InChI is InChI=1S/C24H24ClN3OS/c25-19-7-6-8-20(17-19)28-15-13-27(14-16-28)18-24(29)26-22-11-4-5-12-23(22)30-21-9-2-1-3-10-21/h1-12,17H,13-16,18H2,(H,26,29)/p+1. The van der Waals surface area contributed by atoms with Gasteiger partial charge in [-0.05, 0) is 42.5 Å². The molecule has 4 nitrogen and oxygen atoms in total. The van der Waals surface area contributed by atoms with Crippen LogP contribution in [-0.4, -0.2) is 38.6 Å². The molecule has 3 aromatic carbocycles. The van der Waals surface area contributed by atoms with E-state index in [1.807, 2.05) is 60.7 Å². The number of nitrogens with one attached hydrogen (secondary N) is 2. The van der Waals surface area contributed by atoms with Crippen LogP contribution < -0.4 is 15.1 Å². The smallest absolute Gasteiger partial charge is 0.279 e. The number of benzene rings is 3. The maximum absolute atomic E-state index is 12.7. The number of para-hydroxylation sites is 1. The molecule has 0 spiro atoms. The van der Waals surface area contributed by atoms with Gasteiger partial charge in [0.05, 0.1) is 31.9 Å². The minimum Gasteiger partial charge on any atom is -0.360 e. The second-order valence-corrected chi connectivity index (χ2v) is 8.90. The molecular weight excluding hydrogens is 414 g/mol. The Morgan fingerprint density at radius 1 is 0.967 bits per heavy atom. The fourth-order valence-electron chi connectivity index (χ4n) is 3.63. The highest BCUT2D eigenvalue weighted by Gasteiger charge is 2.23. The number of nitrogens with zero attached hydrogens (tertiary/aromatic N) is 1. The Labute approximate surface area is 186 Å². The lowest BCUT2D eigenvalue weighted by atomic mass is 10.2. The van der Waals surface area contributed by atoms with Crippen molar-refractivity contribution < 1.29 is 9.69 Å². The molecule has 0 aliphatic carbocycles. The molecule has 0 atom stereocenters. The van der Waals surface area contributed by atoms with Crippen molar-refractivity contribution in [2.75, 3.05) is 42.9 Å². The van der Waals surface area contributed by atoms with Crippen LogP contribution >= 0.6 is 23.4 Å². The molecule has 1 aliphatic rings. The summed E-state index contributed by atoms with van der Waals surface area (Å²) >= 11 is 7.78. The number of piperazine rings is 1. The highest BCUT2D eigenvalue weighted by molar-refractivity contribution is 7.99. The molecule has 30 heavy (non-hydrogen) atoms. The van der Waals surface area contributed by atoms with Gasteiger partial charge in [-0.25, -0.2) is 0 Å². The van der Waals surface area contributed by atoms with Crippen molar-refractivity contribution in [1.29, 1.82) is 0 Å². The lowest BCUT2D eigenvalue weighted by Crippen LogP contribution is -3.15. The molecule has 2 N–H and O–H groups in total. The van der Waals surface area contributed by atoms with Crippen LogP contribution in [0.1, 0.15) is 0 Å². The van der Waals surface area contributed by atoms with E-state index in [1.54, 1.807) is 11.8 Å². The van der Waals surface area contributed by atoms with E-state index in [1.165, 1.54) is 4.90 Å². The number of hydrogen-bond donors (Lipinski definition) is 2. The van der Waals surface area contributed by atoms with Crippen molar-refractivity contribution in [3.63, 3.8) is 0 Å². The number of rotatable bonds is 6. The van der Waals surface area contributed by atoms with Gasteiger partial charge in [0, 0.05) is 20.5 Å². The van der Waals surface area contributed by atoms with E-state index in [2.05, 4.69) is 28.4 Å². The van der Waals surface area contributed by atoms with Gasteiger partial charge in [0.25, 0.3) is 5.91 Å². The number of halogens is 1. The van der Waals surface area contributed by atoms with Crippen LogP contribution in [0, 0.1) is 0 Å². The monoisotopic (exact) mass is 438 g/mol. The number of anilines is 2. The summed E-state index contributed by atoms with van der Waals surface area (Å²) in [5.74, 6) is 0.0577. The molecule has 0 unspecified atom stereocenters.